The molecule has 0 saturated heterocycles. The highest BCUT2D eigenvalue weighted by Crippen LogP contribution is 2.36. The number of nitrogens with one attached hydrogen (secondary N) is 1. The van der Waals surface area contributed by atoms with Crippen LogP contribution in [0.5, 0.6) is 0 Å². The van der Waals surface area contributed by atoms with Crippen LogP contribution in [0.3, 0.4) is 0 Å². The van der Waals surface area contributed by atoms with E-state index in [0.29, 0.717) is 12.0 Å². The van der Waals surface area contributed by atoms with Gasteiger partial charge in [-0.25, -0.2) is 0 Å². The number of thioether (sulfide) groups is 1. The summed E-state index contributed by atoms with van der Waals surface area (Å²) >= 11 is 7.86. The molecule has 0 heterocycles. The van der Waals surface area contributed by atoms with E-state index in [0.717, 1.165) is 22.6 Å². The summed E-state index contributed by atoms with van der Waals surface area (Å²) in [5, 5.41) is 0.798. The monoisotopic (exact) mass is 312 g/mol. The lowest BCUT2D eigenvalue weighted by atomic mass is 9.73. The van der Waals surface area contributed by atoms with Crippen LogP contribution in [0.25, 0.3) is 0 Å². The van der Waals surface area contributed by atoms with Crippen LogP contribution in [-0.4, -0.2) is 11.8 Å². The van der Waals surface area contributed by atoms with Crippen LogP contribution in [0, 0.1) is 17.8 Å². The molecule has 2 nitrogen and oxygen atoms in total. The first-order valence-corrected chi connectivity index (χ1v) is 8.81. The van der Waals surface area contributed by atoms with Gasteiger partial charge in [0.05, 0.1) is 0 Å². The van der Waals surface area contributed by atoms with Crippen LogP contribution >= 0.6 is 23.4 Å². The van der Waals surface area contributed by atoms with Gasteiger partial charge in [-0.15, -0.1) is 11.8 Å². The predicted molar refractivity (Wildman–Crippen MR) is 89.0 cm³/mol. The van der Waals surface area contributed by atoms with E-state index >= 15 is 0 Å². The number of benzene rings is 1. The molecule has 2 rings (SSSR count). The molecule has 4 heteroatoms. The molecule has 0 spiro atoms. The van der Waals surface area contributed by atoms with Crippen LogP contribution in [0.15, 0.2) is 29.2 Å². The Hall–Kier alpha value is -0.220. The second-order valence-electron chi connectivity index (χ2n) is 6.07. The zero-order chi connectivity index (χ0) is 14.5. The summed E-state index contributed by atoms with van der Waals surface area (Å²) < 4.78 is 0. The van der Waals surface area contributed by atoms with Gasteiger partial charge in [-0.3, -0.25) is 11.3 Å². The molecule has 20 heavy (non-hydrogen) atoms. The summed E-state index contributed by atoms with van der Waals surface area (Å²) in [6.45, 7) is 4.74. The average molecular weight is 313 g/mol. The molecule has 0 aliphatic heterocycles. The molecule has 1 fully saturated rings. The molecule has 0 bridgehead atoms. The van der Waals surface area contributed by atoms with Crippen LogP contribution in [0.2, 0.25) is 5.02 Å². The van der Waals surface area contributed by atoms with E-state index in [-0.39, 0.29) is 0 Å². The fraction of sp³-hybridized carbons (Fsp3) is 0.625. The smallest absolute Gasteiger partial charge is 0.0417 e. The van der Waals surface area contributed by atoms with E-state index in [2.05, 4.69) is 25.3 Å². The minimum atomic E-state index is 0.383. The van der Waals surface area contributed by atoms with Gasteiger partial charge in [0, 0.05) is 21.7 Å². The Labute approximate surface area is 131 Å². The Kier molecular flexibility index (Phi) is 6.21. The first-order chi connectivity index (χ1) is 9.60. The van der Waals surface area contributed by atoms with Crippen molar-refractivity contribution in [2.45, 2.75) is 44.0 Å². The third kappa shape index (κ3) is 4.39. The zero-order valence-corrected chi connectivity index (χ0v) is 13.9. The van der Waals surface area contributed by atoms with E-state index in [9.17, 15) is 0 Å². The summed E-state index contributed by atoms with van der Waals surface area (Å²) in [7, 11) is 0. The lowest BCUT2D eigenvalue weighted by Crippen LogP contribution is -2.45. The standard InChI is InChI=1S/C16H25ClN2S/c1-11-6-7-13(8-12(11)2)16(19-18)10-20-15-5-3-4-14(17)9-15/h3-5,9,11-13,16,19H,6-8,10,18H2,1-2H3. The van der Waals surface area contributed by atoms with Crippen molar-refractivity contribution in [2.24, 2.45) is 23.6 Å². The van der Waals surface area contributed by atoms with Gasteiger partial charge in [0.15, 0.2) is 0 Å². The lowest BCUT2D eigenvalue weighted by molar-refractivity contribution is 0.179. The van der Waals surface area contributed by atoms with E-state index in [1.165, 1.54) is 24.2 Å². The molecule has 1 aromatic rings. The molecule has 1 saturated carbocycles. The molecule has 0 amide bonds. The van der Waals surface area contributed by atoms with Crippen molar-refractivity contribution in [3.05, 3.63) is 29.3 Å². The van der Waals surface area contributed by atoms with Crippen molar-refractivity contribution in [1.29, 1.82) is 0 Å². The number of hydrazine groups is 1. The quantitative estimate of drug-likeness (QED) is 0.482. The second kappa shape index (κ2) is 7.69. The molecular formula is C16H25ClN2S. The molecule has 112 valence electrons. The molecule has 1 aromatic carbocycles. The predicted octanol–water partition coefficient (Wildman–Crippen LogP) is 4.34. The highest BCUT2D eigenvalue weighted by molar-refractivity contribution is 7.99. The van der Waals surface area contributed by atoms with Crippen LogP contribution in [-0.2, 0) is 0 Å². The fourth-order valence-corrected chi connectivity index (χ4v) is 4.40. The van der Waals surface area contributed by atoms with E-state index in [4.69, 9.17) is 17.4 Å². The van der Waals surface area contributed by atoms with Crippen molar-refractivity contribution < 1.29 is 0 Å². The molecular weight excluding hydrogens is 288 g/mol. The molecule has 4 atom stereocenters. The number of nitrogens with two attached hydrogens (primary N) is 1. The molecule has 1 aliphatic carbocycles. The number of hydrogen-bond acceptors (Lipinski definition) is 3. The molecule has 0 aromatic heterocycles. The maximum Gasteiger partial charge on any atom is 0.0417 e. The maximum absolute atomic E-state index is 6.02. The highest BCUT2D eigenvalue weighted by atomic mass is 35.5. The molecule has 4 unspecified atom stereocenters. The number of rotatable bonds is 5. The third-order valence-corrected chi connectivity index (χ3v) is 6.00. The van der Waals surface area contributed by atoms with E-state index in [1.807, 2.05) is 30.0 Å². The summed E-state index contributed by atoms with van der Waals surface area (Å²) in [5.74, 6) is 9.14. The van der Waals surface area contributed by atoms with Crippen LogP contribution < -0.4 is 11.3 Å². The Morgan fingerprint density at radius 2 is 2.15 bits per heavy atom. The van der Waals surface area contributed by atoms with Gasteiger partial charge in [0.1, 0.15) is 0 Å². The van der Waals surface area contributed by atoms with Gasteiger partial charge < -0.3 is 0 Å². The van der Waals surface area contributed by atoms with Crippen molar-refractivity contribution in [2.75, 3.05) is 5.75 Å². The van der Waals surface area contributed by atoms with Crippen molar-refractivity contribution >= 4 is 23.4 Å². The summed E-state index contributed by atoms with van der Waals surface area (Å²) in [5.41, 5.74) is 3.04. The first-order valence-electron chi connectivity index (χ1n) is 7.44. The fourth-order valence-electron chi connectivity index (χ4n) is 3.02. The lowest BCUT2D eigenvalue weighted by Gasteiger charge is -2.36. The van der Waals surface area contributed by atoms with Gasteiger partial charge in [0.2, 0.25) is 0 Å². The maximum atomic E-state index is 6.02. The van der Waals surface area contributed by atoms with E-state index < -0.39 is 0 Å². The molecule has 3 N–H and O–H groups in total. The minimum Gasteiger partial charge on any atom is -0.271 e. The van der Waals surface area contributed by atoms with E-state index in [1.54, 1.807) is 0 Å². The molecule has 0 radical (unpaired) electrons. The van der Waals surface area contributed by atoms with Gasteiger partial charge >= 0.3 is 0 Å². The normalized spacial score (nSPS) is 28.3. The number of halogens is 1. The van der Waals surface area contributed by atoms with Crippen molar-refractivity contribution in [1.82, 2.24) is 5.43 Å². The highest BCUT2D eigenvalue weighted by Gasteiger charge is 2.29. The second-order valence-corrected chi connectivity index (χ2v) is 7.60. The van der Waals surface area contributed by atoms with Gasteiger partial charge in [-0.1, -0.05) is 37.9 Å². The molecule has 1 aliphatic rings. The Morgan fingerprint density at radius 3 is 2.80 bits per heavy atom. The summed E-state index contributed by atoms with van der Waals surface area (Å²) in [6.07, 6.45) is 3.90. The first kappa shape index (κ1) is 16.2. The SMILES string of the molecule is CC1CCC(C(CSc2cccc(Cl)c2)NN)CC1C. The Bertz CT molecular complexity index is 427. The minimum absolute atomic E-state index is 0.383. The number of hydrogen-bond donors (Lipinski definition) is 2. The Morgan fingerprint density at radius 1 is 1.35 bits per heavy atom. The zero-order valence-electron chi connectivity index (χ0n) is 12.3. The topological polar surface area (TPSA) is 38.0 Å². The van der Waals surface area contributed by atoms with Crippen molar-refractivity contribution in [3.63, 3.8) is 0 Å². The largest absolute Gasteiger partial charge is 0.271 e. The van der Waals surface area contributed by atoms with Crippen molar-refractivity contribution in [3.8, 4) is 0 Å². The average Bonchev–Trinajstić information content (AvgIpc) is 2.43. The third-order valence-electron chi connectivity index (χ3n) is 4.65. The summed E-state index contributed by atoms with van der Waals surface area (Å²) in [4.78, 5) is 1.22. The van der Waals surface area contributed by atoms with Crippen LogP contribution in [0.1, 0.15) is 33.1 Å². The van der Waals surface area contributed by atoms with Gasteiger partial charge in [0.25, 0.3) is 0 Å². The van der Waals surface area contributed by atoms with Gasteiger partial charge in [-0.2, -0.15) is 0 Å². The van der Waals surface area contributed by atoms with Gasteiger partial charge in [-0.05, 0) is 48.8 Å². The summed E-state index contributed by atoms with van der Waals surface area (Å²) in [6, 6.07) is 8.42. The van der Waals surface area contributed by atoms with Crippen LogP contribution in [0.4, 0.5) is 0 Å². The Balaban J connectivity index is 1.89.